The molecule has 0 aromatic carbocycles. The number of rotatable bonds is 14. The number of nitrogens with two attached hydrogens (primary N) is 2. The number of carbonyl (C=O) groups is 3. The molecule has 0 aromatic rings. The highest BCUT2D eigenvalue weighted by Gasteiger charge is 2.51. The summed E-state index contributed by atoms with van der Waals surface area (Å²) in [5, 5.41) is 11.6. The predicted octanol–water partition coefficient (Wildman–Crippen LogP) is -0.324. The largest absolute Gasteiger partial charge is 0.479 e. The molecule has 0 bridgehead atoms. The Morgan fingerprint density at radius 3 is 2.04 bits per heavy atom. The number of ether oxygens (including phenoxy) is 1. The SMILES string of the molecule is CC[C@@H](C)[C@@H](NC(=O)[C@H]1O[C@@H]1C(=O)O)C(=O)N(CCCCN)CCCCN. The molecular formula is C18H34N4O5. The van der Waals surface area contributed by atoms with Crippen molar-refractivity contribution < 1.29 is 24.2 Å². The van der Waals surface area contributed by atoms with Gasteiger partial charge in [0.25, 0.3) is 5.91 Å². The smallest absolute Gasteiger partial charge is 0.336 e. The minimum atomic E-state index is -1.17. The quantitative estimate of drug-likeness (QED) is 0.236. The van der Waals surface area contributed by atoms with E-state index < -0.39 is 30.1 Å². The number of carboxylic acid groups (broad SMARTS) is 1. The Morgan fingerprint density at radius 2 is 1.63 bits per heavy atom. The summed E-state index contributed by atoms with van der Waals surface area (Å²) >= 11 is 0. The first-order valence-electron chi connectivity index (χ1n) is 9.74. The molecule has 6 N–H and O–H groups in total. The van der Waals surface area contributed by atoms with Crippen molar-refractivity contribution in [1.82, 2.24) is 10.2 Å². The summed E-state index contributed by atoms with van der Waals surface area (Å²) < 4.78 is 4.89. The van der Waals surface area contributed by atoms with Crippen LogP contribution in [0.4, 0.5) is 0 Å². The summed E-state index contributed by atoms with van der Waals surface area (Å²) in [6.07, 6.45) is 1.77. The molecule has 1 aliphatic heterocycles. The van der Waals surface area contributed by atoms with Crippen molar-refractivity contribution in [2.24, 2.45) is 17.4 Å². The molecule has 0 aliphatic carbocycles. The molecule has 1 rings (SSSR count). The third-order valence-corrected chi connectivity index (χ3v) is 4.85. The normalized spacial score (nSPS) is 20.6. The molecule has 2 amide bonds. The van der Waals surface area contributed by atoms with Gasteiger partial charge in [0.1, 0.15) is 6.04 Å². The second-order valence-corrected chi connectivity index (χ2v) is 7.00. The van der Waals surface area contributed by atoms with Gasteiger partial charge in [-0.05, 0) is 44.7 Å². The molecule has 9 nitrogen and oxygen atoms in total. The molecule has 0 spiro atoms. The molecule has 27 heavy (non-hydrogen) atoms. The third-order valence-electron chi connectivity index (χ3n) is 4.85. The molecule has 1 heterocycles. The first-order valence-corrected chi connectivity index (χ1v) is 9.74. The number of hydrogen-bond donors (Lipinski definition) is 4. The van der Waals surface area contributed by atoms with Crippen LogP contribution in [0, 0.1) is 5.92 Å². The van der Waals surface area contributed by atoms with Crippen molar-refractivity contribution in [3.05, 3.63) is 0 Å². The second-order valence-electron chi connectivity index (χ2n) is 7.00. The Hall–Kier alpha value is -1.71. The van der Waals surface area contributed by atoms with E-state index in [2.05, 4.69) is 5.32 Å². The highest BCUT2D eigenvalue weighted by Crippen LogP contribution is 2.23. The highest BCUT2D eigenvalue weighted by atomic mass is 16.6. The zero-order valence-corrected chi connectivity index (χ0v) is 16.4. The van der Waals surface area contributed by atoms with Gasteiger partial charge in [-0.2, -0.15) is 0 Å². The lowest BCUT2D eigenvalue weighted by Gasteiger charge is -2.31. The van der Waals surface area contributed by atoms with Crippen LogP contribution in [0.1, 0.15) is 46.0 Å². The number of aliphatic carboxylic acids is 1. The van der Waals surface area contributed by atoms with Crippen molar-refractivity contribution in [3.8, 4) is 0 Å². The van der Waals surface area contributed by atoms with Gasteiger partial charge < -0.3 is 31.5 Å². The van der Waals surface area contributed by atoms with E-state index in [-0.39, 0.29) is 11.8 Å². The van der Waals surface area contributed by atoms with Crippen LogP contribution in [-0.2, 0) is 19.1 Å². The van der Waals surface area contributed by atoms with E-state index in [1.807, 2.05) is 13.8 Å². The van der Waals surface area contributed by atoms with Gasteiger partial charge in [-0.25, -0.2) is 4.79 Å². The minimum absolute atomic E-state index is 0.0880. The zero-order valence-electron chi connectivity index (χ0n) is 16.4. The van der Waals surface area contributed by atoms with E-state index in [1.54, 1.807) is 4.90 Å². The fraction of sp³-hybridized carbons (Fsp3) is 0.833. The number of unbranched alkanes of at least 4 members (excludes halogenated alkanes) is 2. The standard InChI is InChI=1S/C18H34N4O5/c1-3-12(2)13(21-16(23)14-15(27-14)18(25)26)17(24)22(10-6-4-8-19)11-7-5-9-20/h12-15H,3-11,19-20H2,1-2H3,(H,21,23)(H,25,26)/t12-,13-,14+,15+/m1/s1. The highest BCUT2D eigenvalue weighted by molar-refractivity contribution is 5.95. The average molecular weight is 386 g/mol. The summed E-state index contributed by atoms with van der Waals surface area (Å²) in [4.78, 5) is 38.1. The maximum atomic E-state index is 13.1. The molecule has 1 aliphatic rings. The van der Waals surface area contributed by atoms with E-state index in [0.717, 1.165) is 25.7 Å². The molecule has 1 fully saturated rings. The number of carboxylic acids is 1. The Bertz CT molecular complexity index is 492. The topological polar surface area (TPSA) is 151 Å². The van der Waals surface area contributed by atoms with Gasteiger partial charge >= 0.3 is 5.97 Å². The summed E-state index contributed by atoms with van der Waals surface area (Å²) in [6, 6.07) is -0.711. The molecule has 0 saturated carbocycles. The number of amides is 2. The van der Waals surface area contributed by atoms with Crippen LogP contribution in [0.2, 0.25) is 0 Å². The van der Waals surface area contributed by atoms with Crippen LogP contribution in [-0.4, -0.2) is 72.2 Å². The number of nitrogens with one attached hydrogen (secondary N) is 1. The Labute approximate surface area is 160 Å². The van der Waals surface area contributed by atoms with Crippen molar-refractivity contribution in [2.75, 3.05) is 26.2 Å². The second kappa shape index (κ2) is 11.9. The van der Waals surface area contributed by atoms with E-state index in [1.165, 1.54) is 0 Å². The number of carbonyl (C=O) groups excluding carboxylic acids is 2. The Morgan fingerprint density at radius 1 is 1.07 bits per heavy atom. The van der Waals surface area contributed by atoms with Crippen LogP contribution in [0.5, 0.6) is 0 Å². The van der Waals surface area contributed by atoms with Crippen LogP contribution < -0.4 is 16.8 Å². The molecule has 0 unspecified atom stereocenters. The van der Waals surface area contributed by atoms with E-state index in [0.29, 0.717) is 32.6 Å². The molecular weight excluding hydrogens is 352 g/mol. The van der Waals surface area contributed by atoms with Gasteiger partial charge in [-0.15, -0.1) is 0 Å². The maximum absolute atomic E-state index is 13.1. The van der Waals surface area contributed by atoms with Crippen LogP contribution in [0.15, 0.2) is 0 Å². The van der Waals surface area contributed by atoms with Crippen LogP contribution >= 0.6 is 0 Å². The molecule has 9 heteroatoms. The minimum Gasteiger partial charge on any atom is -0.479 e. The lowest BCUT2D eigenvalue weighted by Crippen LogP contribution is -2.53. The summed E-state index contributed by atoms with van der Waals surface area (Å²) in [5.41, 5.74) is 11.1. The van der Waals surface area contributed by atoms with Gasteiger partial charge in [-0.3, -0.25) is 9.59 Å². The summed E-state index contributed by atoms with van der Waals surface area (Å²) in [7, 11) is 0. The van der Waals surface area contributed by atoms with Crippen molar-refractivity contribution >= 4 is 17.8 Å². The Balaban J connectivity index is 2.78. The van der Waals surface area contributed by atoms with Gasteiger partial charge in [0, 0.05) is 13.1 Å². The fourth-order valence-corrected chi connectivity index (χ4v) is 2.84. The van der Waals surface area contributed by atoms with Gasteiger partial charge in [0.2, 0.25) is 5.91 Å². The molecule has 156 valence electrons. The summed E-state index contributed by atoms with van der Waals surface area (Å²) in [5.74, 6) is -1.97. The number of epoxide rings is 1. The van der Waals surface area contributed by atoms with E-state index in [9.17, 15) is 14.4 Å². The fourth-order valence-electron chi connectivity index (χ4n) is 2.84. The lowest BCUT2D eigenvalue weighted by atomic mass is 9.97. The lowest BCUT2D eigenvalue weighted by molar-refractivity contribution is -0.138. The first kappa shape index (κ1) is 23.3. The maximum Gasteiger partial charge on any atom is 0.336 e. The molecule has 1 saturated heterocycles. The van der Waals surface area contributed by atoms with E-state index >= 15 is 0 Å². The first-order chi connectivity index (χ1) is 12.9. The number of nitrogens with zero attached hydrogens (tertiary/aromatic N) is 1. The van der Waals surface area contributed by atoms with Crippen LogP contribution in [0.25, 0.3) is 0 Å². The van der Waals surface area contributed by atoms with Crippen molar-refractivity contribution in [3.63, 3.8) is 0 Å². The van der Waals surface area contributed by atoms with Crippen LogP contribution in [0.3, 0.4) is 0 Å². The van der Waals surface area contributed by atoms with Crippen molar-refractivity contribution in [2.45, 2.75) is 64.2 Å². The van der Waals surface area contributed by atoms with Gasteiger partial charge in [0.05, 0.1) is 0 Å². The monoisotopic (exact) mass is 386 g/mol. The number of hydrogen-bond acceptors (Lipinski definition) is 6. The van der Waals surface area contributed by atoms with Gasteiger partial charge in [0.15, 0.2) is 12.2 Å². The van der Waals surface area contributed by atoms with Crippen molar-refractivity contribution in [1.29, 1.82) is 0 Å². The Kier molecular flexibility index (Phi) is 10.3. The summed E-state index contributed by atoms with van der Waals surface area (Å²) in [6.45, 7) is 6.10. The van der Waals surface area contributed by atoms with Gasteiger partial charge in [-0.1, -0.05) is 20.3 Å². The third kappa shape index (κ3) is 7.43. The molecule has 4 atom stereocenters. The van der Waals surface area contributed by atoms with E-state index in [4.69, 9.17) is 21.3 Å². The predicted molar refractivity (Wildman–Crippen MR) is 101 cm³/mol. The average Bonchev–Trinajstić information content (AvgIpc) is 3.45. The zero-order chi connectivity index (χ0) is 20.4. The molecule has 0 radical (unpaired) electrons. The molecule has 0 aromatic heterocycles.